The molecular weight excluding hydrogens is 488 g/mol. The van der Waals surface area contributed by atoms with Gasteiger partial charge in [0.25, 0.3) is 5.91 Å². The van der Waals surface area contributed by atoms with Crippen molar-refractivity contribution in [2.45, 2.75) is 19.8 Å². The predicted molar refractivity (Wildman–Crippen MR) is 144 cm³/mol. The predicted octanol–water partition coefficient (Wildman–Crippen LogP) is 5.30. The molecule has 1 aliphatic heterocycles. The van der Waals surface area contributed by atoms with E-state index in [4.69, 9.17) is 9.15 Å². The Balaban J connectivity index is 1.63. The summed E-state index contributed by atoms with van der Waals surface area (Å²) in [5.41, 5.74) is 2.38. The first-order valence-corrected chi connectivity index (χ1v) is 12.5. The lowest BCUT2D eigenvalue weighted by molar-refractivity contribution is -0.114. The van der Waals surface area contributed by atoms with Crippen LogP contribution in [0, 0.1) is 18.3 Å². The molecule has 4 rings (SSSR count). The molecule has 0 saturated carbocycles. The highest BCUT2D eigenvalue weighted by atomic mass is 32.2. The number of ether oxygens (including phenoxy) is 1. The SMILES string of the molecule is COc1ccccc1NC(=O)C1=C(C)NC(SCC(=O)Nc2ccccc2)=C(C#N)[C@H]1c1ccc(C)o1. The molecule has 3 N–H and O–H groups in total. The highest BCUT2D eigenvalue weighted by Crippen LogP contribution is 2.41. The van der Waals surface area contributed by atoms with Crippen molar-refractivity contribution in [2.24, 2.45) is 0 Å². The van der Waals surface area contributed by atoms with E-state index in [-0.39, 0.29) is 11.7 Å². The first-order chi connectivity index (χ1) is 17.9. The first kappa shape index (κ1) is 25.7. The van der Waals surface area contributed by atoms with Gasteiger partial charge < -0.3 is 25.1 Å². The van der Waals surface area contributed by atoms with Gasteiger partial charge in [-0.15, -0.1) is 0 Å². The molecule has 0 aliphatic carbocycles. The number of nitriles is 1. The number of nitrogens with zero attached hydrogens (tertiary/aromatic N) is 1. The molecule has 0 bridgehead atoms. The van der Waals surface area contributed by atoms with Crippen molar-refractivity contribution >= 4 is 35.0 Å². The molecule has 1 aliphatic rings. The highest BCUT2D eigenvalue weighted by molar-refractivity contribution is 8.03. The lowest BCUT2D eigenvalue weighted by Crippen LogP contribution is -2.31. The summed E-state index contributed by atoms with van der Waals surface area (Å²) in [5.74, 6) is 0.342. The number of anilines is 2. The van der Waals surface area contributed by atoms with Crippen molar-refractivity contribution in [3.8, 4) is 11.8 Å². The Morgan fingerprint density at radius 3 is 2.46 bits per heavy atom. The highest BCUT2D eigenvalue weighted by Gasteiger charge is 2.37. The van der Waals surface area contributed by atoms with Crippen molar-refractivity contribution in [3.63, 3.8) is 0 Å². The van der Waals surface area contributed by atoms with E-state index >= 15 is 0 Å². The molecule has 9 heteroatoms. The zero-order chi connectivity index (χ0) is 26.4. The van der Waals surface area contributed by atoms with Gasteiger partial charge in [0.05, 0.1) is 46.7 Å². The molecule has 1 aromatic heterocycles. The Bertz CT molecular complexity index is 1420. The molecule has 2 aromatic carbocycles. The van der Waals surface area contributed by atoms with E-state index in [1.807, 2.05) is 24.3 Å². The standard InChI is InChI=1S/C28H26N4O4S/c1-17-13-14-23(36-17)26-20(15-29)28(37-16-24(33)31-19-9-5-4-6-10-19)30-18(2)25(26)27(34)32-21-11-7-8-12-22(21)35-3/h4-14,26,30H,16H2,1-3H3,(H,31,33)(H,32,34)/t26-/m0/s1. The Kier molecular flexibility index (Phi) is 8.01. The van der Waals surface area contributed by atoms with Gasteiger partial charge in [-0.2, -0.15) is 5.26 Å². The number of nitrogens with one attached hydrogen (secondary N) is 3. The summed E-state index contributed by atoms with van der Waals surface area (Å²) in [5, 5.41) is 19.6. The van der Waals surface area contributed by atoms with Crippen LogP contribution in [0.2, 0.25) is 0 Å². The minimum Gasteiger partial charge on any atom is -0.495 e. The topological polar surface area (TPSA) is 116 Å². The average Bonchev–Trinajstić information content (AvgIpc) is 3.33. The fraction of sp³-hybridized carbons (Fsp3) is 0.179. The van der Waals surface area contributed by atoms with Crippen molar-refractivity contribution < 1.29 is 18.7 Å². The Morgan fingerprint density at radius 1 is 1.05 bits per heavy atom. The van der Waals surface area contributed by atoms with Crippen LogP contribution in [-0.2, 0) is 9.59 Å². The number of benzene rings is 2. The van der Waals surface area contributed by atoms with Gasteiger partial charge in [-0.1, -0.05) is 42.1 Å². The quantitative estimate of drug-likeness (QED) is 0.373. The number of methoxy groups -OCH3 is 1. The zero-order valence-corrected chi connectivity index (χ0v) is 21.4. The molecule has 2 heterocycles. The van der Waals surface area contributed by atoms with Crippen molar-refractivity contribution in [1.29, 1.82) is 5.26 Å². The molecule has 0 spiro atoms. The van der Waals surface area contributed by atoms with E-state index in [0.29, 0.717) is 50.5 Å². The van der Waals surface area contributed by atoms with Gasteiger partial charge in [0.15, 0.2) is 0 Å². The summed E-state index contributed by atoms with van der Waals surface area (Å²) < 4.78 is 11.3. The molecule has 0 radical (unpaired) electrons. The molecule has 0 fully saturated rings. The zero-order valence-electron chi connectivity index (χ0n) is 20.6. The van der Waals surface area contributed by atoms with Gasteiger partial charge in [0.1, 0.15) is 17.3 Å². The van der Waals surface area contributed by atoms with Gasteiger partial charge in [0, 0.05) is 11.4 Å². The van der Waals surface area contributed by atoms with Gasteiger partial charge in [0.2, 0.25) is 5.91 Å². The number of thioether (sulfide) groups is 1. The van der Waals surface area contributed by atoms with Gasteiger partial charge in [-0.3, -0.25) is 9.59 Å². The van der Waals surface area contributed by atoms with E-state index in [1.54, 1.807) is 56.3 Å². The molecular formula is C28H26N4O4S. The normalized spacial score (nSPS) is 15.0. The number of aryl methyl sites for hydroxylation is 1. The summed E-state index contributed by atoms with van der Waals surface area (Å²) in [4.78, 5) is 26.1. The third-order valence-electron chi connectivity index (χ3n) is 5.70. The number of carbonyl (C=O) groups is 2. The van der Waals surface area contributed by atoms with Crippen LogP contribution in [-0.4, -0.2) is 24.7 Å². The lowest BCUT2D eigenvalue weighted by atomic mass is 9.85. The first-order valence-electron chi connectivity index (χ1n) is 11.5. The van der Waals surface area contributed by atoms with Crippen molar-refractivity contribution in [2.75, 3.05) is 23.5 Å². The number of amides is 2. The molecule has 1 atom stereocenters. The van der Waals surface area contributed by atoms with Gasteiger partial charge in [-0.25, -0.2) is 0 Å². The Morgan fingerprint density at radius 2 is 1.78 bits per heavy atom. The van der Waals surface area contributed by atoms with Crippen molar-refractivity contribution in [3.05, 3.63) is 100 Å². The van der Waals surface area contributed by atoms with E-state index in [9.17, 15) is 14.9 Å². The third-order valence-corrected chi connectivity index (χ3v) is 6.72. The maximum atomic E-state index is 13.6. The molecule has 2 amide bonds. The summed E-state index contributed by atoms with van der Waals surface area (Å²) in [6, 6.07) is 22.0. The van der Waals surface area contributed by atoms with E-state index in [1.165, 1.54) is 18.9 Å². The number of allylic oxidation sites excluding steroid dienone is 2. The summed E-state index contributed by atoms with van der Waals surface area (Å²) in [7, 11) is 1.53. The Labute approximate surface area is 219 Å². The van der Waals surface area contributed by atoms with Gasteiger partial charge in [-0.05, 0) is 50.2 Å². The van der Waals surface area contributed by atoms with Crippen LogP contribution in [0.3, 0.4) is 0 Å². The van der Waals surface area contributed by atoms with E-state index in [2.05, 4.69) is 22.0 Å². The maximum absolute atomic E-state index is 13.6. The largest absolute Gasteiger partial charge is 0.495 e. The third kappa shape index (κ3) is 5.88. The number of carbonyl (C=O) groups excluding carboxylic acids is 2. The van der Waals surface area contributed by atoms with Crippen LogP contribution in [0.25, 0.3) is 0 Å². The van der Waals surface area contributed by atoms with E-state index < -0.39 is 11.8 Å². The molecule has 188 valence electrons. The van der Waals surface area contributed by atoms with Crippen molar-refractivity contribution in [1.82, 2.24) is 5.32 Å². The van der Waals surface area contributed by atoms with Crippen LogP contribution >= 0.6 is 11.8 Å². The number of hydrogen-bond donors (Lipinski definition) is 3. The summed E-state index contributed by atoms with van der Waals surface area (Å²) in [6.07, 6.45) is 0. The monoisotopic (exact) mass is 514 g/mol. The fourth-order valence-electron chi connectivity index (χ4n) is 4.01. The van der Waals surface area contributed by atoms with Gasteiger partial charge >= 0.3 is 0 Å². The number of rotatable bonds is 8. The second kappa shape index (κ2) is 11.5. The van der Waals surface area contributed by atoms with Crippen LogP contribution in [0.4, 0.5) is 11.4 Å². The Hall–Kier alpha value is -4.42. The average molecular weight is 515 g/mol. The minimum absolute atomic E-state index is 0.0718. The summed E-state index contributed by atoms with van der Waals surface area (Å²) >= 11 is 1.20. The maximum Gasteiger partial charge on any atom is 0.254 e. The molecule has 3 aromatic rings. The number of furan rings is 1. The number of dihydropyridines is 1. The molecule has 8 nitrogen and oxygen atoms in total. The molecule has 0 saturated heterocycles. The minimum atomic E-state index is -0.755. The smallest absolute Gasteiger partial charge is 0.254 e. The number of para-hydroxylation sites is 3. The molecule has 37 heavy (non-hydrogen) atoms. The number of hydrogen-bond acceptors (Lipinski definition) is 7. The van der Waals surface area contributed by atoms with Crippen LogP contribution in [0.5, 0.6) is 5.75 Å². The fourth-order valence-corrected chi connectivity index (χ4v) is 4.91. The van der Waals surface area contributed by atoms with Crippen LogP contribution in [0.15, 0.2) is 93.0 Å². The molecule has 0 unspecified atom stereocenters. The van der Waals surface area contributed by atoms with E-state index in [0.717, 1.165) is 0 Å². The second-order valence-electron chi connectivity index (χ2n) is 8.26. The van der Waals surface area contributed by atoms with Crippen LogP contribution in [0.1, 0.15) is 24.4 Å². The van der Waals surface area contributed by atoms with Crippen LogP contribution < -0.4 is 20.7 Å². The summed E-state index contributed by atoms with van der Waals surface area (Å²) in [6.45, 7) is 3.56. The lowest BCUT2D eigenvalue weighted by Gasteiger charge is -2.28. The second-order valence-corrected chi connectivity index (χ2v) is 9.24.